The minimum atomic E-state index is -4.72. The van der Waals surface area contributed by atoms with Gasteiger partial charge in [0.25, 0.3) is 10.1 Å². The second kappa shape index (κ2) is 11.8. The fraction of sp³-hybridized carbons (Fsp3) is 0.133. The molecule has 10 heteroatoms. The van der Waals surface area contributed by atoms with Gasteiger partial charge in [-0.2, -0.15) is 21.6 Å². The van der Waals surface area contributed by atoms with Gasteiger partial charge in [0.05, 0.1) is 5.56 Å². The van der Waals surface area contributed by atoms with Crippen molar-refractivity contribution in [2.45, 2.75) is 24.3 Å². The van der Waals surface area contributed by atoms with Crippen molar-refractivity contribution in [1.29, 1.82) is 0 Å². The molecule has 40 heavy (non-hydrogen) atoms. The molecule has 1 amide bonds. The van der Waals surface area contributed by atoms with Crippen LogP contribution in [0.3, 0.4) is 0 Å². The molecule has 1 atom stereocenters. The van der Waals surface area contributed by atoms with Crippen molar-refractivity contribution in [1.82, 2.24) is 0 Å². The van der Waals surface area contributed by atoms with Gasteiger partial charge in [0.15, 0.2) is 11.0 Å². The molecule has 0 fully saturated rings. The Morgan fingerprint density at radius 2 is 1.40 bits per heavy atom. The van der Waals surface area contributed by atoms with Crippen molar-refractivity contribution in [2.75, 3.05) is 5.32 Å². The summed E-state index contributed by atoms with van der Waals surface area (Å²) in [5.74, 6) is -1.11. The highest BCUT2D eigenvalue weighted by Crippen LogP contribution is 2.32. The Bertz CT molecular complexity index is 1600. The molecule has 0 bridgehead atoms. The van der Waals surface area contributed by atoms with E-state index in [4.69, 9.17) is 0 Å². The molecule has 0 aliphatic carbocycles. The molecule has 2 N–H and O–H groups in total. The summed E-state index contributed by atoms with van der Waals surface area (Å²) in [4.78, 5) is 25.7. The van der Waals surface area contributed by atoms with E-state index in [2.05, 4.69) is 5.32 Å². The fourth-order valence-electron chi connectivity index (χ4n) is 4.26. The van der Waals surface area contributed by atoms with Gasteiger partial charge in [-0.25, -0.2) is 0 Å². The number of aryl methyl sites for hydroxylation is 1. The first-order chi connectivity index (χ1) is 18.9. The van der Waals surface area contributed by atoms with E-state index in [-0.39, 0.29) is 17.8 Å². The number of alkyl halides is 3. The molecule has 206 valence electrons. The first-order valence-corrected chi connectivity index (χ1v) is 13.6. The minimum absolute atomic E-state index is 0.120. The molecule has 4 aromatic rings. The van der Waals surface area contributed by atoms with Crippen LogP contribution in [0.2, 0.25) is 0 Å². The van der Waals surface area contributed by atoms with Gasteiger partial charge in [-0.05, 0) is 52.9 Å². The summed E-state index contributed by atoms with van der Waals surface area (Å²) in [7, 11) is -4.72. The van der Waals surface area contributed by atoms with Crippen molar-refractivity contribution in [2.24, 2.45) is 0 Å². The van der Waals surface area contributed by atoms with E-state index in [1.807, 2.05) is 0 Å². The van der Waals surface area contributed by atoms with Crippen molar-refractivity contribution >= 4 is 27.5 Å². The number of hydrogen-bond donors (Lipinski definition) is 2. The van der Waals surface area contributed by atoms with Crippen molar-refractivity contribution in [3.8, 4) is 11.1 Å². The maximum absolute atomic E-state index is 13.0. The van der Waals surface area contributed by atoms with Gasteiger partial charge in [0.2, 0.25) is 5.91 Å². The van der Waals surface area contributed by atoms with Gasteiger partial charge in [-0.3, -0.25) is 14.1 Å². The first-order valence-electron chi connectivity index (χ1n) is 12.1. The van der Waals surface area contributed by atoms with E-state index in [9.17, 15) is 35.7 Å². The molecule has 6 nitrogen and oxygen atoms in total. The molecular formula is C30H24F3NO5S. The number of halogens is 3. The normalized spacial score (nSPS) is 12.5. The van der Waals surface area contributed by atoms with Crippen molar-refractivity contribution < 1.29 is 35.7 Å². The van der Waals surface area contributed by atoms with Gasteiger partial charge in [-0.1, -0.05) is 78.9 Å². The van der Waals surface area contributed by atoms with Crippen LogP contribution in [0.15, 0.2) is 103 Å². The highest BCUT2D eigenvalue weighted by Gasteiger charge is 2.33. The maximum Gasteiger partial charge on any atom is 0.416 e. The summed E-state index contributed by atoms with van der Waals surface area (Å²) in [6.45, 7) is 0. The SMILES string of the molecule is O=C(CCc1ccc(NC(=O)C(c2ccccc2)S(=O)(=O)O)cc1)c1ccccc1-c1ccc(C(F)(F)F)cc1. The van der Waals surface area contributed by atoms with Gasteiger partial charge in [0, 0.05) is 17.7 Å². The number of Topliss-reactive ketones (excluding diaryl/α,β-unsaturated/α-hetero) is 1. The molecule has 0 aliphatic rings. The molecule has 0 radical (unpaired) electrons. The number of anilines is 1. The lowest BCUT2D eigenvalue weighted by atomic mass is 9.94. The van der Waals surface area contributed by atoms with Gasteiger partial charge >= 0.3 is 6.18 Å². The summed E-state index contributed by atoms with van der Waals surface area (Å²) in [6.07, 6.45) is -3.97. The molecule has 0 heterocycles. The molecular weight excluding hydrogens is 543 g/mol. The molecule has 4 aromatic carbocycles. The monoisotopic (exact) mass is 567 g/mol. The van der Waals surface area contributed by atoms with Gasteiger partial charge < -0.3 is 5.32 Å². The summed E-state index contributed by atoms with van der Waals surface area (Å²) in [6, 6.07) is 25.4. The van der Waals surface area contributed by atoms with Gasteiger partial charge in [-0.15, -0.1) is 0 Å². The largest absolute Gasteiger partial charge is 0.416 e. The lowest BCUT2D eigenvalue weighted by Gasteiger charge is -2.15. The average molecular weight is 568 g/mol. The number of ketones is 1. The van der Waals surface area contributed by atoms with E-state index < -0.39 is 33.0 Å². The Morgan fingerprint density at radius 1 is 0.800 bits per heavy atom. The quantitative estimate of drug-likeness (QED) is 0.172. The Kier molecular flexibility index (Phi) is 8.51. The van der Waals surface area contributed by atoms with Gasteiger partial charge in [0.1, 0.15) is 0 Å². The third-order valence-electron chi connectivity index (χ3n) is 6.25. The number of benzene rings is 4. The average Bonchev–Trinajstić information content (AvgIpc) is 2.92. The predicted octanol–water partition coefficient (Wildman–Crippen LogP) is 6.76. The summed E-state index contributed by atoms with van der Waals surface area (Å²) in [5.41, 5.74) is 1.85. The predicted molar refractivity (Wildman–Crippen MR) is 145 cm³/mol. The number of rotatable bonds is 9. The van der Waals surface area contributed by atoms with Crippen LogP contribution in [-0.4, -0.2) is 24.7 Å². The van der Waals surface area contributed by atoms with E-state index in [1.54, 1.807) is 66.7 Å². The Hall–Kier alpha value is -4.28. The number of hydrogen-bond acceptors (Lipinski definition) is 4. The summed E-state index contributed by atoms with van der Waals surface area (Å²) < 4.78 is 72.1. The smallest absolute Gasteiger partial charge is 0.325 e. The van der Waals surface area contributed by atoms with Crippen LogP contribution in [0.1, 0.15) is 38.7 Å². The standard InChI is InChI=1S/C30H24F3NO5S/c31-30(32,33)23-15-13-21(14-16-23)25-8-4-5-9-26(25)27(35)19-12-20-10-17-24(18-11-20)34-29(36)28(40(37,38)39)22-6-2-1-3-7-22/h1-11,13-18,28H,12,19H2,(H,34,36)(H,37,38,39). The molecule has 0 saturated heterocycles. The molecule has 0 aliphatic heterocycles. The lowest BCUT2D eigenvalue weighted by Crippen LogP contribution is -2.27. The van der Waals surface area contributed by atoms with Crippen LogP contribution in [0, 0.1) is 0 Å². The Labute approximate surface area is 229 Å². The van der Waals surface area contributed by atoms with E-state index >= 15 is 0 Å². The molecule has 0 spiro atoms. The Balaban J connectivity index is 1.42. The lowest BCUT2D eigenvalue weighted by molar-refractivity contribution is -0.137. The van der Waals surface area contributed by atoms with E-state index in [1.165, 1.54) is 24.3 Å². The highest BCUT2D eigenvalue weighted by molar-refractivity contribution is 7.86. The second-order valence-corrected chi connectivity index (χ2v) is 10.5. The zero-order chi connectivity index (χ0) is 28.9. The van der Waals surface area contributed by atoms with Crippen LogP contribution < -0.4 is 5.32 Å². The molecule has 4 rings (SSSR count). The van der Waals surface area contributed by atoms with Crippen LogP contribution in [-0.2, 0) is 27.5 Å². The van der Waals surface area contributed by atoms with Crippen LogP contribution in [0.5, 0.6) is 0 Å². The summed E-state index contributed by atoms with van der Waals surface area (Å²) in [5, 5.41) is 0.693. The van der Waals surface area contributed by atoms with Crippen LogP contribution >= 0.6 is 0 Å². The van der Waals surface area contributed by atoms with Crippen LogP contribution in [0.4, 0.5) is 18.9 Å². The zero-order valence-electron chi connectivity index (χ0n) is 20.9. The van der Waals surface area contributed by atoms with Crippen molar-refractivity contribution in [3.05, 3.63) is 125 Å². The number of carbonyl (C=O) groups is 2. The van der Waals surface area contributed by atoms with E-state index in [0.29, 0.717) is 28.8 Å². The molecule has 0 aromatic heterocycles. The van der Waals surface area contributed by atoms with E-state index in [0.717, 1.165) is 17.7 Å². The number of carbonyl (C=O) groups excluding carboxylic acids is 2. The number of amides is 1. The fourth-order valence-corrected chi connectivity index (χ4v) is 5.09. The third-order valence-corrected chi connectivity index (χ3v) is 7.33. The Morgan fingerprint density at radius 3 is 2.00 bits per heavy atom. The summed E-state index contributed by atoms with van der Waals surface area (Å²) >= 11 is 0. The van der Waals surface area contributed by atoms with Crippen LogP contribution in [0.25, 0.3) is 11.1 Å². The number of nitrogens with one attached hydrogen (secondary N) is 1. The molecule has 1 unspecified atom stereocenters. The minimum Gasteiger partial charge on any atom is -0.325 e. The first kappa shape index (κ1) is 28.7. The molecule has 0 saturated carbocycles. The second-order valence-electron chi connectivity index (χ2n) is 9.04. The topological polar surface area (TPSA) is 101 Å². The maximum atomic E-state index is 13.0. The third kappa shape index (κ3) is 7.02. The highest BCUT2D eigenvalue weighted by atomic mass is 32.2. The van der Waals surface area contributed by atoms with Crippen molar-refractivity contribution in [3.63, 3.8) is 0 Å². The zero-order valence-corrected chi connectivity index (χ0v) is 21.7.